The average molecular weight is 268 g/mol. The Labute approximate surface area is 114 Å². The van der Waals surface area contributed by atoms with Crippen molar-refractivity contribution < 1.29 is 9.90 Å². The summed E-state index contributed by atoms with van der Waals surface area (Å²) >= 11 is 0. The van der Waals surface area contributed by atoms with Crippen LogP contribution in [0.3, 0.4) is 0 Å². The van der Waals surface area contributed by atoms with Gasteiger partial charge in [-0.2, -0.15) is 5.10 Å². The zero-order valence-corrected chi connectivity index (χ0v) is 11.6. The molecule has 0 radical (unpaired) electrons. The molecular weight excluding hydrogens is 244 g/mol. The fraction of sp³-hybridized carbons (Fsp3) is 0.692. The summed E-state index contributed by atoms with van der Waals surface area (Å²) in [6, 6.07) is 1.62. The van der Waals surface area contributed by atoms with E-state index >= 15 is 0 Å². The van der Waals surface area contributed by atoms with E-state index in [0.29, 0.717) is 24.9 Å². The predicted octanol–water partition coefficient (Wildman–Crippen LogP) is 1.25. The highest BCUT2D eigenvalue weighted by Gasteiger charge is 2.12. The molecule has 1 atom stereocenters. The van der Waals surface area contributed by atoms with Gasteiger partial charge in [0.15, 0.2) is 0 Å². The van der Waals surface area contributed by atoms with Crippen LogP contribution in [-0.2, 0) is 6.54 Å². The molecule has 1 aromatic heterocycles. The molecule has 2 amide bonds. The van der Waals surface area contributed by atoms with Crippen molar-refractivity contribution in [1.82, 2.24) is 20.8 Å². The third-order valence-electron chi connectivity index (χ3n) is 2.89. The summed E-state index contributed by atoms with van der Waals surface area (Å²) in [7, 11) is 0. The Morgan fingerprint density at radius 3 is 2.84 bits per heavy atom. The van der Waals surface area contributed by atoms with Gasteiger partial charge in [0.1, 0.15) is 0 Å². The van der Waals surface area contributed by atoms with Gasteiger partial charge in [0, 0.05) is 19.3 Å². The third kappa shape index (κ3) is 6.81. The lowest BCUT2D eigenvalue weighted by atomic mass is 9.94. The lowest BCUT2D eigenvalue weighted by Crippen LogP contribution is -2.38. The van der Waals surface area contributed by atoms with Crippen molar-refractivity contribution in [3.63, 3.8) is 0 Å². The number of aliphatic hydroxyl groups is 1. The minimum atomic E-state index is -0.193. The molecule has 1 rings (SSSR count). The van der Waals surface area contributed by atoms with Gasteiger partial charge in [-0.1, -0.05) is 13.8 Å². The van der Waals surface area contributed by atoms with Crippen molar-refractivity contribution in [3.8, 4) is 0 Å². The topological polar surface area (TPSA) is 90.0 Å². The van der Waals surface area contributed by atoms with Crippen LogP contribution < -0.4 is 10.6 Å². The molecule has 1 unspecified atom stereocenters. The summed E-state index contributed by atoms with van der Waals surface area (Å²) in [4.78, 5) is 11.6. The van der Waals surface area contributed by atoms with E-state index in [1.165, 1.54) is 0 Å². The SMILES string of the molecule is CC(C)CC(CCO)CNC(=O)NCc1ccn[nH]1. The van der Waals surface area contributed by atoms with E-state index < -0.39 is 0 Å². The number of aliphatic hydroxyl groups excluding tert-OH is 1. The molecule has 108 valence electrons. The van der Waals surface area contributed by atoms with Crippen molar-refractivity contribution in [2.45, 2.75) is 33.2 Å². The highest BCUT2D eigenvalue weighted by Crippen LogP contribution is 2.14. The highest BCUT2D eigenvalue weighted by molar-refractivity contribution is 5.73. The number of H-pyrrole nitrogens is 1. The van der Waals surface area contributed by atoms with Crippen molar-refractivity contribution >= 4 is 6.03 Å². The maximum atomic E-state index is 11.6. The number of nitrogens with one attached hydrogen (secondary N) is 3. The molecule has 4 N–H and O–H groups in total. The standard InChI is InChI=1S/C13H24N4O2/c1-10(2)7-11(4-6-18)8-14-13(19)15-9-12-3-5-16-17-12/h3,5,10-11,18H,4,6-9H2,1-2H3,(H,16,17)(H2,14,15,19). The van der Waals surface area contributed by atoms with E-state index in [2.05, 4.69) is 34.7 Å². The Balaban J connectivity index is 2.22. The first kappa shape index (κ1) is 15.5. The Morgan fingerprint density at radius 2 is 2.26 bits per heavy atom. The van der Waals surface area contributed by atoms with Crippen LogP contribution in [0.4, 0.5) is 4.79 Å². The Bertz CT molecular complexity index is 352. The highest BCUT2D eigenvalue weighted by atomic mass is 16.3. The van der Waals surface area contributed by atoms with Gasteiger partial charge in [-0.15, -0.1) is 0 Å². The molecule has 0 spiro atoms. The predicted molar refractivity (Wildman–Crippen MR) is 73.5 cm³/mol. The van der Waals surface area contributed by atoms with E-state index in [-0.39, 0.29) is 12.6 Å². The maximum absolute atomic E-state index is 11.6. The van der Waals surface area contributed by atoms with E-state index in [4.69, 9.17) is 5.11 Å². The lowest BCUT2D eigenvalue weighted by molar-refractivity contribution is 0.224. The Morgan fingerprint density at radius 1 is 1.47 bits per heavy atom. The van der Waals surface area contributed by atoms with E-state index in [9.17, 15) is 4.79 Å². The summed E-state index contributed by atoms with van der Waals surface area (Å²) in [5.41, 5.74) is 0.865. The number of aromatic amines is 1. The van der Waals surface area contributed by atoms with Gasteiger partial charge >= 0.3 is 6.03 Å². The van der Waals surface area contributed by atoms with Crippen molar-refractivity contribution in [3.05, 3.63) is 18.0 Å². The average Bonchev–Trinajstić information content (AvgIpc) is 2.86. The fourth-order valence-corrected chi connectivity index (χ4v) is 2.01. The number of aromatic nitrogens is 2. The minimum Gasteiger partial charge on any atom is -0.396 e. The van der Waals surface area contributed by atoms with E-state index in [1.54, 1.807) is 6.20 Å². The molecule has 0 saturated heterocycles. The molecule has 0 aliphatic rings. The van der Waals surface area contributed by atoms with Crippen LogP contribution in [0.25, 0.3) is 0 Å². The minimum absolute atomic E-state index is 0.162. The van der Waals surface area contributed by atoms with Gasteiger partial charge in [-0.25, -0.2) is 4.79 Å². The molecule has 1 aromatic rings. The van der Waals surface area contributed by atoms with Crippen molar-refractivity contribution in [1.29, 1.82) is 0 Å². The second-order valence-electron chi connectivity index (χ2n) is 5.15. The third-order valence-corrected chi connectivity index (χ3v) is 2.89. The fourth-order valence-electron chi connectivity index (χ4n) is 2.01. The molecule has 0 aromatic carbocycles. The van der Waals surface area contributed by atoms with Gasteiger partial charge in [-0.05, 0) is 30.7 Å². The summed E-state index contributed by atoms with van der Waals surface area (Å²) < 4.78 is 0. The smallest absolute Gasteiger partial charge is 0.315 e. The molecular formula is C13H24N4O2. The summed E-state index contributed by atoms with van der Waals surface area (Å²) in [6.07, 6.45) is 3.37. The summed E-state index contributed by atoms with van der Waals surface area (Å²) in [5.74, 6) is 0.884. The molecule has 0 bridgehead atoms. The number of carbonyl (C=O) groups is 1. The first-order valence-corrected chi connectivity index (χ1v) is 6.72. The van der Waals surface area contributed by atoms with E-state index in [0.717, 1.165) is 18.5 Å². The molecule has 6 heteroatoms. The quantitative estimate of drug-likeness (QED) is 0.572. The van der Waals surface area contributed by atoms with Gasteiger partial charge in [0.25, 0.3) is 0 Å². The number of hydrogen-bond donors (Lipinski definition) is 4. The molecule has 0 fully saturated rings. The Kier molecular flexibility index (Phi) is 6.95. The molecule has 0 aliphatic carbocycles. The maximum Gasteiger partial charge on any atom is 0.315 e. The molecule has 19 heavy (non-hydrogen) atoms. The number of nitrogens with zero attached hydrogens (tertiary/aromatic N) is 1. The van der Waals surface area contributed by atoms with Gasteiger partial charge in [0.05, 0.1) is 12.2 Å². The molecule has 6 nitrogen and oxygen atoms in total. The van der Waals surface area contributed by atoms with Crippen molar-refractivity contribution in [2.24, 2.45) is 11.8 Å². The second-order valence-corrected chi connectivity index (χ2v) is 5.15. The van der Waals surface area contributed by atoms with Crippen LogP contribution in [0.2, 0.25) is 0 Å². The monoisotopic (exact) mass is 268 g/mol. The van der Waals surface area contributed by atoms with Crippen LogP contribution in [-0.4, -0.2) is 34.5 Å². The number of rotatable bonds is 8. The van der Waals surface area contributed by atoms with Gasteiger partial charge in [-0.3, -0.25) is 5.10 Å². The second kappa shape index (κ2) is 8.53. The van der Waals surface area contributed by atoms with Crippen LogP contribution in [0, 0.1) is 11.8 Å². The number of amides is 2. The first-order chi connectivity index (χ1) is 9.11. The van der Waals surface area contributed by atoms with Crippen LogP contribution >= 0.6 is 0 Å². The first-order valence-electron chi connectivity index (χ1n) is 6.72. The summed E-state index contributed by atoms with van der Waals surface area (Å²) in [5, 5.41) is 21.2. The molecule has 1 heterocycles. The number of hydrogen-bond acceptors (Lipinski definition) is 3. The number of urea groups is 1. The zero-order chi connectivity index (χ0) is 14.1. The Hall–Kier alpha value is -1.56. The van der Waals surface area contributed by atoms with Crippen LogP contribution in [0.5, 0.6) is 0 Å². The van der Waals surface area contributed by atoms with E-state index in [1.807, 2.05) is 6.07 Å². The number of carbonyl (C=O) groups excluding carboxylic acids is 1. The van der Waals surface area contributed by atoms with Gasteiger partial charge < -0.3 is 15.7 Å². The zero-order valence-electron chi connectivity index (χ0n) is 11.6. The van der Waals surface area contributed by atoms with Gasteiger partial charge in [0.2, 0.25) is 0 Å². The largest absolute Gasteiger partial charge is 0.396 e. The summed E-state index contributed by atoms with van der Waals surface area (Å²) in [6.45, 7) is 5.47. The molecule has 0 aliphatic heterocycles. The normalized spacial score (nSPS) is 12.4. The molecule has 0 saturated carbocycles. The van der Waals surface area contributed by atoms with Crippen LogP contribution in [0.15, 0.2) is 12.3 Å². The lowest BCUT2D eigenvalue weighted by Gasteiger charge is -2.18. The van der Waals surface area contributed by atoms with Crippen LogP contribution in [0.1, 0.15) is 32.4 Å². The van der Waals surface area contributed by atoms with Crippen molar-refractivity contribution in [2.75, 3.05) is 13.2 Å².